The Balaban J connectivity index is 0.000000924. The Morgan fingerprint density at radius 1 is 1.09 bits per heavy atom. The topological polar surface area (TPSA) is 40.5 Å². The highest BCUT2D eigenvalue weighted by Crippen LogP contribution is 2.18. The molecule has 0 spiro atoms. The van der Waals surface area contributed by atoms with Crippen molar-refractivity contribution in [3.8, 4) is 0 Å². The summed E-state index contributed by atoms with van der Waals surface area (Å²) in [6.07, 6.45) is 4.23. The number of aromatic nitrogens is 1. The molecule has 122 valence electrons. The molecule has 0 unspecified atom stereocenters. The van der Waals surface area contributed by atoms with E-state index in [1.807, 2.05) is 42.2 Å². The van der Waals surface area contributed by atoms with Gasteiger partial charge in [-0.15, -0.1) is 0 Å². The van der Waals surface area contributed by atoms with Crippen molar-refractivity contribution in [2.24, 2.45) is 4.99 Å². The van der Waals surface area contributed by atoms with Crippen LogP contribution in [0.25, 0.3) is 0 Å². The molecule has 3 rings (SSSR count). The molecule has 1 aliphatic rings. The molecule has 1 fully saturated rings. The first kappa shape index (κ1) is 17.7. The Morgan fingerprint density at radius 2 is 1.78 bits per heavy atom. The van der Waals surface area contributed by atoms with E-state index in [2.05, 4.69) is 49.9 Å². The number of hydrogen-bond donors (Lipinski definition) is 1. The van der Waals surface area contributed by atoms with Gasteiger partial charge in [0.05, 0.1) is 0 Å². The van der Waals surface area contributed by atoms with Crippen LogP contribution in [0.15, 0.2) is 53.7 Å². The molecule has 0 amide bonds. The monoisotopic (exact) mass is 422 g/mol. The molecule has 1 aliphatic heterocycles. The number of para-hydroxylation sites is 1. The van der Waals surface area contributed by atoms with E-state index in [9.17, 15) is 0 Å². The highest BCUT2D eigenvalue weighted by Gasteiger charge is 2.17. The lowest BCUT2D eigenvalue weighted by Crippen LogP contribution is -2.33. The van der Waals surface area contributed by atoms with Crippen molar-refractivity contribution in [1.29, 1.82) is 0 Å². The first-order valence-corrected chi connectivity index (χ1v) is 9.94. The van der Waals surface area contributed by atoms with Crippen LogP contribution < -0.4 is 5.32 Å². The van der Waals surface area contributed by atoms with Gasteiger partial charge in [-0.2, -0.15) is 4.99 Å². The third kappa shape index (κ3) is 5.20. The predicted octanol–water partition coefficient (Wildman–Crippen LogP) is 4.64. The van der Waals surface area contributed by atoms with Gasteiger partial charge in [0.1, 0.15) is 0 Å². The van der Waals surface area contributed by atoms with Gasteiger partial charge < -0.3 is 10.2 Å². The normalized spacial score (nSPS) is 14.2. The van der Waals surface area contributed by atoms with E-state index >= 15 is 0 Å². The molecule has 1 aromatic heterocycles. The minimum absolute atomic E-state index is 0.780. The highest BCUT2D eigenvalue weighted by atomic mass is 127. The van der Waals surface area contributed by atoms with Crippen molar-refractivity contribution < 1.29 is 0 Å². The number of rotatable bonds is 2. The summed E-state index contributed by atoms with van der Waals surface area (Å²) in [4.78, 5) is 13.4. The first-order chi connectivity index (χ1) is 11.3. The number of alkyl halides is 1. The van der Waals surface area contributed by atoms with Gasteiger partial charge in [0.25, 0.3) is 0 Å². The van der Waals surface area contributed by atoms with Crippen molar-refractivity contribution in [3.63, 3.8) is 0 Å². The molecule has 0 radical (unpaired) electrons. The predicted molar refractivity (Wildman–Crippen MR) is 107 cm³/mol. The summed E-state index contributed by atoms with van der Waals surface area (Å²) in [6.45, 7) is 4.13. The number of aliphatic imine (C=N–C) groups is 1. The Bertz CT molecular complexity index is 622. The van der Waals surface area contributed by atoms with E-state index in [1.54, 1.807) is 6.20 Å². The van der Waals surface area contributed by atoms with Crippen LogP contribution in [0.1, 0.15) is 18.4 Å². The number of halogens is 1. The zero-order valence-electron chi connectivity index (χ0n) is 13.7. The summed E-state index contributed by atoms with van der Waals surface area (Å²) in [5.41, 5.74) is 2.14. The van der Waals surface area contributed by atoms with Crippen LogP contribution in [0.5, 0.6) is 0 Å². The van der Waals surface area contributed by atoms with Crippen LogP contribution >= 0.6 is 22.6 Å². The third-order valence-electron chi connectivity index (χ3n) is 3.63. The van der Waals surface area contributed by atoms with Gasteiger partial charge in [0.15, 0.2) is 5.82 Å². The largest absolute Gasteiger partial charge is 0.342 e. The number of aryl methyl sites for hydroxylation is 1. The molecule has 1 aromatic carbocycles. The summed E-state index contributed by atoms with van der Waals surface area (Å²) in [6, 6.07) is 14.1. The highest BCUT2D eigenvalue weighted by molar-refractivity contribution is 14.1. The molecule has 4 nitrogen and oxygen atoms in total. The van der Waals surface area contributed by atoms with Crippen LogP contribution in [0.3, 0.4) is 0 Å². The average molecular weight is 422 g/mol. The fourth-order valence-electron chi connectivity index (χ4n) is 2.45. The summed E-state index contributed by atoms with van der Waals surface area (Å²) < 4.78 is 0. The van der Waals surface area contributed by atoms with E-state index < -0.39 is 0 Å². The van der Waals surface area contributed by atoms with E-state index in [0.29, 0.717) is 0 Å². The van der Waals surface area contributed by atoms with Crippen molar-refractivity contribution in [3.05, 3.63) is 54.2 Å². The molecule has 0 aliphatic carbocycles. The molecule has 1 N–H and O–H groups in total. The van der Waals surface area contributed by atoms with Gasteiger partial charge >= 0.3 is 0 Å². The van der Waals surface area contributed by atoms with Crippen molar-refractivity contribution in [2.75, 3.05) is 23.3 Å². The minimum atomic E-state index is 0.780. The van der Waals surface area contributed by atoms with E-state index in [-0.39, 0.29) is 0 Å². The molecular weight excluding hydrogens is 399 g/mol. The fourth-order valence-corrected chi connectivity index (χ4v) is 2.45. The van der Waals surface area contributed by atoms with Crippen molar-refractivity contribution >= 4 is 40.1 Å². The second kappa shape index (κ2) is 9.50. The van der Waals surface area contributed by atoms with Gasteiger partial charge in [0, 0.05) is 25.0 Å². The average Bonchev–Trinajstić information content (AvgIpc) is 3.13. The lowest BCUT2D eigenvalue weighted by Gasteiger charge is -2.21. The molecule has 1 saturated heterocycles. The number of anilines is 1. The summed E-state index contributed by atoms with van der Waals surface area (Å²) in [5, 5.41) is 3.43. The number of benzene rings is 1. The Kier molecular flexibility index (Phi) is 7.32. The number of likely N-dealkylation sites (tertiary alicyclic amines) is 1. The molecule has 23 heavy (non-hydrogen) atoms. The molecule has 5 heteroatoms. The van der Waals surface area contributed by atoms with Gasteiger partial charge in [-0.25, -0.2) is 4.98 Å². The van der Waals surface area contributed by atoms with Crippen LogP contribution in [0, 0.1) is 6.92 Å². The maximum Gasteiger partial charge on any atom is 0.205 e. The van der Waals surface area contributed by atoms with Gasteiger partial charge in [0.2, 0.25) is 5.96 Å². The van der Waals surface area contributed by atoms with Gasteiger partial charge in [-0.3, -0.25) is 0 Å². The Hall–Kier alpha value is -1.63. The number of hydrogen-bond acceptors (Lipinski definition) is 2. The maximum absolute atomic E-state index is 4.76. The zero-order valence-corrected chi connectivity index (χ0v) is 15.8. The Morgan fingerprint density at radius 3 is 2.43 bits per heavy atom. The quantitative estimate of drug-likeness (QED) is 0.332. The summed E-state index contributed by atoms with van der Waals surface area (Å²) in [5.74, 6) is 1.67. The van der Waals surface area contributed by atoms with Gasteiger partial charge in [-0.05, 0) is 48.5 Å². The molecular formula is C18H23IN4. The van der Waals surface area contributed by atoms with E-state index in [4.69, 9.17) is 4.99 Å². The second-order valence-electron chi connectivity index (χ2n) is 5.26. The van der Waals surface area contributed by atoms with Crippen molar-refractivity contribution in [2.45, 2.75) is 19.8 Å². The zero-order chi connectivity index (χ0) is 16.5. The fraction of sp³-hybridized carbons (Fsp3) is 0.333. The van der Waals surface area contributed by atoms with Crippen LogP contribution in [-0.4, -0.2) is 33.9 Å². The molecule has 2 heterocycles. The lowest BCUT2D eigenvalue weighted by molar-refractivity contribution is 0.518. The molecule has 2 aromatic rings. The number of guanidine groups is 1. The maximum atomic E-state index is 4.76. The summed E-state index contributed by atoms with van der Waals surface area (Å²) >= 11 is 2.15. The molecule has 0 atom stereocenters. The minimum Gasteiger partial charge on any atom is -0.342 e. The second-order valence-corrected chi connectivity index (χ2v) is 5.26. The van der Waals surface area contributed by atoms with E-state index in [0.717, 1.165) is 36.1 Å². The first-order valence-electron chi connectivity index (χ1n) is 7.78. The van der Waals surface area contributed by atoms with Crippen LogP contribution in [0.2, 0.25) is 0 Å². The van der Waals surface area contributed by atoms with Crippen LogP contribution in [0.4, 0.5) is 11.5 Å². The number of nitrogens with zero attached hydrogens (tertiary/aromatic N) is 3. The smallest absolute Gasteiger partial charge is 0.205 e. The SMILES string of the molecule is CI.Cc1cccnc1N=C(Nc1ccccc1)N1CCCC1. The number of pyridine rings is 1. The van der Waals surface area contributed by atoms with Crippen molar-refractivity contribution in [1.82, 2.24) is 9.88 Å². The van der Waals surface area contributed by atoms with E-state index in [1.165, 1.54) is 12.8 Å². The number of nitrogens with one attached hydrogen (secondary N) is 1. The molecule has 0 bridgehead atoms. The van der Waals surface area contributed by atoms with Gasteiger partial charge in [-0.1, -0.05) is 46.9 Å². The molecule has 0 saturated carbocycles. The summed E-state index contributed by atoms with van der Waals surface area (Å²) in [7, 11) is 0. The standard InChI is InChI=1S/C17H20N4.CH3I/c1-14-8-7-11-18-16(14)20-17(21-12-5-6-13-21)19-15-9-3-2-4-10-15;1-2/h2-4,7-11H,5-6,12-13H2,1H3,(H,18,19,20);1H3. The Labute approximate surface area is 152 Å². The third-order valence-corrected chi connectivity index (χ3v) is 3.63. The van der Waals surface area contributed by atoms with Crippen LogP contribution in [-0.2, 0) is 0 Å². The lowest BCUT2D eigenvalue weighted by atomic mass is 10.3.